The summed E-state index contributed by atoms with van der Waals surface area (Å²) in [5, 5.41) is 14.2. The molecule has 0 radical (unpaired) electrons. The molecule has 0 heterocycles. The minimum atomic E-state index is -0.717. The molecule has 0 fully saturated rings. The van der Waals surface area contributed by atoms with Gasteiger partial charge < -0.3 is 10.6 Å². The molecule has 6 nitrogen and oxygen atoms in total. The van der Waals surface area contributed by atoms with Crippen molar-refractivity contribution in [3.8, 4) is 6.19 Å². The zero-order valence-corrected chi connectivity index (χ0v) is 13.5. The second-order valence-electron chi connectivity index (χ2n) is 4.50. The molecule has 1 atom stereocenters. The molecule has 118 valence electrons. The van der Waals surface area contributed by atoms with Gasteiger partial charge in [-0.05, 0) is 18.7 Å². The van der Waals surface area contributed by atoms with Gasteiger partial charge in [-0.2, -0.15) is 17.0 Å². The molecule has 22 heavy (non-hydrogen) atoms. The van der Waals surface area contributed by atoms with E-state index < -0.39 is 18.0 Å². The van der Waals surface area contributed by atoms with Crippen LogP contribution in [0.5, 0.6) is 0 Å². The van der Waals surface area contributed by atoms with Crippen molar-refractivity contribution in [1.29, 1.82) is 5.26 Å². The number of nitrogens with zero attached hydrogens (tertiary/aromatic N) is 2. The van der Waals surface area contributed by atoms with Crippen molar-refractivity contribution in [3.63, 3.8) is 0 Å². The van der Waals surface area contributed by atoms with Gasteiger partial charge in [-0.1, -0.05) is 30.3 Å². The van der Waals surface area contributed by atoms with Crippen LogP contribution in [0.2, 0.25) is 0 Å². The van der Waals surface area contributed by atoms with E-state index in [2.05, 4.69) is 10.6 Å². The molecule has 1 rings (SSSR count). The normalized spacial score (nSPS) is 11.1. The van der Waals surface area contributed by atoms with Crippen molar-refractivity contribution >= 4 is 23.7 Å². The Morgan fingerprint density at radius 1 is 1.36 bits per heavy atom. The van der Waals surface area contributed by atoms with Crippen LogP contribution in [-0.4, -0.2) is 41.4 Å². The molecule has 0 spiro atoms. The van der Waals surface area contributed by atoms with Crippen LogP contribution in [0.3, 0.4) is 0 Å². The number of carbonyl (C=O) groups is 2. The number of amides is 3. The van der Waals surface area contributed by atoms with E-state index in [1.54, 1.807) is 6.92 Å². The Kier molecular flexibility index (Phi) is 7.86. The number of nitriles is 1. The number of carbonyl (C=O) groups excluding carboxylic acids is 2. The van der Waals surface area contributed by atoms with Crippen LogP contribution in [0.25, 0.3) is 0 Å². The molecule has 0 bridgehead atoms. The number of hydrogen-bond acceptors (Lipinski definition) is 4. The van der Waals surface area contributed by atoms with Crippen molar-refractivity contribution in [2.45, 2.75) is 19.5 Å². The Balaban J connectivity index is 2.57. The van der Waals surface area contributed by atoms with Gasteiger partial charge >= 0.3 is 6.03 Å². The maximum absolute atomic E-state index is 12.2. The quantitative estimate of drug-likeness (QED) is 0.589. The highest BCUT2D eigenvalue weighted by Gasteiger charge is 2.24. The molecule has 0 saturated carbocycles. The average molecular weight is 320 g/mol. The van der Waals surface area contributed by atoms with Gasteiger partial charge in [-0.15, -0.1) is 0 Å². The van der Waals surface area contributed by atoms with Crippen LogP contribution in [0.1, 0.15) is 12.5 Å². The summed E-state index contributed by atoms with van der Waals surface area (Å²) in [6.45, 7) is 2.38. The van der Waals surface area contributed by atoms with Gasteiger partial charge in [0.25, 0.3) is 5.91 Å². The van der Waals surface area contributed by atoms with Crippen molar-refractivity contribution in [1.82, 2.24) is 15.5 Å². The predicted octanol–water partition coefficient (Wildman–Crippen LogP) is 1.55. The third-order valence-electron chi connectivity index (χ3n) is 2.94. The summed E-state index contributed by atoms with van der Waals surface area (Å²) in [6.07, 6.45) is 3.66. The van der Waals surface area contributed by atoms with E-state index in [-0.39, 0.29) is 6.54 Å². The molecule has 0 aliphatic rings. The number of likely N-dealkylation sites (N-methyl/N-ethyl adjacent to an activating group) is 1. The van der Waals surface area contributed by atoms with Crippen LogP contribution in [-0.2, 0) is 11.3 Å². The lowest BCUT2D eigenvalue weighted by Crippen LogP contribution is -2.51. The fourth-order valence-corrected chi connectivity index (χ4v) is 2.35. The maximum atomic E-state index is 12.2. The van der Waals surface area contributed by atoms with Crippen molar-refractivity contribution < 1.29 is 9.59 Å². The first-order valence-electron chi connectivity index (χ1n) is 6.90. The fraction of sp³-hybridized carbons (Fsp3) is 0.400. The van der Waals surface area contributed by atoms with Crippen LogP contribution in [0, 0.1) is 11.5 Å². The first-order chi connectivity index (χ1) is 10.6. The van der Waals surface area contributed by atoms with E-state index in [1.165, 1.54) is 11.8 Å². The Labute approximate surface area is 134 Å². The summed E-state index contributed by atoms with van der Waals surface area (Å²) in [5.41, 5.74) is 0.970. The molecular formula is C15H20N4O2S. The number of nitrogens with one attached hydrogen (secondary N) is 2. The van der Waals surface area contributed by atoms with E-state index in [1.807, 2.05) is 42.8 Å². The number of hydrogen-bond donors (Lipinski definition) is 2. The molecule has 1 aromatic carbocycles. The second kappa shape index (κ2) is 9.68. The van der Waals surface area contributed by atoms with E-state index >= 15 is 0 Å². The van der Waals surface area contributed by atoms with E-state index in [0.717, 1.165) is 10.5 Å². The Morgan fingerprint density at radius 3 is 2.59 bits per heavy atom. The third kappa shape index (κ3) is 5.66. The zero-order chi connectivity index (χ0) is 16.4. The average Bonchev–Trinajstić information content (AvgIpc) is 2.54. The van der Waals surface area contributed by atoms with Gasteiger partial charge in [0, 0.05) is 18.8 Å². The summed E-state index contributed by atoms with van der Waals surface area (Å²) >= 11 is 1.43. The highest BCUT2D eigenvalue weighted by molar-refractivity contribution is 7.98. The summed E-state index contributed by atoms with van der Waals surface area (Å²) in [7, 11) is 0. The van der Waals surface area contributed by atoms with Crippen molar-refractivity contribution in [3.05, 3.63) is 35.9 Å². The Bertz CT molecular complexity index is 530. The standard InChI is InChI=1S/C15H20N4O2S/c1-3-19(11-16)14(20)13(10-22-2)18-15(21)17-9-12-7-5-4-6-8-12/h4-8,13H,3,9-10H2,1-2H3,(H2,17,18,21). The molecule has 1 unspecified atom stereocenters. The second-order valence-corrected chi connectivity index (χ2v) is 5.41. The maximum Gasteiger partial charge on any atom is 0.315 e. The first kappa shape index (κ1) is 17.9. The largest absolute Gasteiger partial charge is 0.334 e. The number of benzene rings is 1. The van der Waals surface area contributed by atoms with Crippen molar-refractivity contribution in [2.75, 3.05) is 18.6 Å². The summed E-state index contributed by atoms with van der Waals surface area (Å²) in [5.74, 6) is 0.0182. The van der Waals surface area contributed by atoms with E-state index in [0.29, 0.717) is 12.3 Å². The van der Waals surface area contributed by atoms with E-state index in [4.69, 9.17) is 5.26 Å². The minimum Gasteiger partial charge on any atom is -0.334 e. The van der Waals surface area contributed by atoms with Crippen molar-refractivity contribution in [2.24, 2.45) is 0 Å². The lowest BCUT2D eigenvalue weighted by molar-refractivity contribution is -0.129. The summed E-state index contributed by atoms with van der Waals surface area (Å²) in [6, 6.07) is 8.34. The fourth-order valence-electron chi connectivity index (χ4n) is 1.79. The van der Waals surface area contributed by atoms with Gasteiger partial charge in [0.05, 0.1) is 0 Å². The van der Waals surface area contributed by atoms with Gasteiger partial charge in [-0.25, -0.2) is 9.69 Å². The van der Waals surface area contributed by atoms with Crippen LogP contribution in [0.15, 0.2) is 30.3 Å². The minimum absolute atomic E-state index is 0.285. The van der Waals surface area contributed by atoms with E-state index in [9.17, 15) is 9.59 Å². The van der Waals surface area contributed by atoms with Gasteiger partial charge in [0.1, 0.15) is 6.04 Å². The molecular weight excluding hydrogens is 300 g/mol. The molecule has 1 aromatic rings. The lowest BCUT2D eigenvalue weighted by atomic mass is 10.2. The molecule has 0 saturated heterocycles. The SMILES string of the molecule is CCN(C#N)C(=O)C(CSC)NC(=O)NCc1ccccc1. The molecule has 0 aliphatic carbocycles. The summed E-state index contributed by atoms with van der Waals surface area (Å²) < 4.78 is 0. The predicted molar refractivity (Wildman–Crippen MR) is 87.0 cm³/mol. The highest BCUT2D eigenvalue weighted by Crippen LogP contribution is 2.03. The zero-order valence-electron chi connectivity index (χ0n) is 12.7. The number of rotatable bonds is 7. The Hall–Kier alpha value is -2.20. The highest BCUT2D eigenvalue weighted by atomic mass is 32.2. The lowest BCUT2D eigenvalue weighted by Gasteiger charge is -2.21. The molecule has 2 N–H and O–H groups in total. The molecule has 7 heteroatoms. The smallest absolute Gasteiger partial charge is 0.315 e. The monoisotopic (exact) mass is 320 g/mol. The molecule has 0 aromatic heterocycles. The van der Waals surface area contributed by atoms with Crippen LogP contribution < -0.4 is 10.6 Å². The Morgan fingerprint density at radius 2 is 2.05 bits per heavy atom. The van der Waals surface area contributed by atoms with Gasteiger partial charge in [0.2, 0.25) is 0 Å². The molecule has 0 aliphatic heterocycles. The third-order valence-corrected chi connectivity index (χ3v) is 3.60. The molecule has 3 amide bonds. The van der Waals surface area contributed by atoms with Gasteiger partial charge in [-0.3, -0.25) is 4.79 Å². The topological polar surface area (TPSA) is 85.2 Å². The number of urea groups is 1. The van der Waals surface area contributed by atoms with Crippen LogP contribution in [0.4, 0.5) is 4.79 Å². The van der Waals surface area contributed by atoms with Crippen LogP contribution >= 0.6 is 11.8 Å². The first-order valence-corrected chi connectivity index (χ1v) is 8.30. The number of thioether (sulfide) groups is 1. The van der Waals surface area contributed by atoms with Gasteiger partial charge in [0.15, 0.2) is 6.19 Å². The summed E-state index contributed by atoms with van der Waals surface area (Å²) in [4.78, 5) is 25.1.